The van der Waals surface area contributed by atoms with Crippen LogP contribution in [0.15, 0.2) is 36.4 Å². The van der Waals surface area contributed by atoms with Gasteiger partial charge in [0, 0.05) is 5.56 Å². The Morgan fingerprint density at radius 2 is 1.76 bits per heavy atom. The van der Waals surface area contributed by atoms with Gasteiger partial charge in [-0.25, -0.2) is 4.39 Å². The van der Waals surface area contributed by atoms with Gasteiger partial charge in [-0.1, -0.05) is 17.7 Å². The highest BCUT2D eigenvalue weighted by atomic mass is 19.1. The number of Topliss-reactive ketones (excluding diaryl/α,β-unsaturated/α-hetero) is 1. The third kappa shape index (κ3) is 3.48. The number of halogens is 1. The minimum atomic E-state index is -0.616. The number of rotatable bonds is 4. The van der Waals surface area contributed by atoms with Crippen molar-refractivity contribution in [3.63, 3.8) is 0 Å². The molecule has 0 aliphatic carbocycles. The summed E-state index contributed by atoms with van der Waals surface area (Å²) in [5.41, 5.74) is 3.31. The molecule has 0 saturated heterocycles. The zero-order valence-corrected chi connectivity index (χ0v) is 12.7. The molecule has 2 rings (SSSR count). The number of aryl methyl sites for hydroxylation is 3. The van der Waals surface area contributed by atoms with Crippen molar-refractivity contribution in [1.82, 2.24) is 0 Å². The van der Waals surface area contributed by atoms with E-state index in [1.54, 1.807) is 19.9 Å². The van der Waals surface area contributed by atoms with Crippen LogP contribution in [0, 0.1) is 26.6 Å². The molecule has 0 radical (unpaired) electrons. The number of ketones is 1. The number of hydrogen-bond donors (Lipinski definition) is 0. The van der Waals surface area contributed by atoms with E-state index < -0.39 is 6.10 Å². The van der Waals surface area contributed by atoms with Crippen LogP contribution >= 0.6 is 0 Å². The summed E-state index contributed by atoms with van der Waals surface area (Å²) in [6.45, 7) is 7.33. The first-order valence-corrected chi connectivity index (χ1v) is 6.93. The predicted molar refractivity (Wildman–Crippen MR) is 81.5 cm³/mol. The minimum absolute atomic E-state index is 0.0695. The normalized spacial score (nSPS) is 12.0. The summed E-state index contributed by atoms with van der Waals surface area (Å²) in [5.74, 6) is 0.149. The molecule has 1 unspecified atom stereocenters. The van der Waals surface area contributed by atoms with E-state index in [2.05, 4.69) is 0 Å². The Hall–Kier alpha value is -2.16. The summed E-state index contributed by atoms with van der Waals surface area (Å²) in [4.78, 5) is 12.5. The molecule has 0 heterocycles. The Labute approximate surface area is 124 Å². The van der Waals surface area contributed by atoms with Gasteiger partial charge in [-0.05, 0) is 63.1 Å². The number of hydrogen-bond acceptors (Lipinski definition) is 2. The fourth-order valence-corrected chi connectivity index (χ4v) is 2.21. The Morgan fingerprint density at radius 1 is 1.05 bits per heavy atom. The van der Waals surface area contributed by atoms with E-state index >= 15 is 0 Å². The zero-order valence-electron chi connectivity index (χ0n) is 12.7. The first kappa shape index (κ1) is 15.2. The van der Waals surface area contributed by atoms with Crippen molar-refractivity contribution in [2.45, 2.75) is 33.8 Å². The maximum atomic E-state index is 13.1. The molecule has 0 fully saturated rings. The molecule has 0 aromatic heterocycles. The summed E-state index contributed by atoms with van der Waals surface area (Å²) in [7, 11) is 0. The van der Waals surface area contributed by atoms with E-state index in [0.29, 0.717) is 16.9 Å². The molecule has 0 N–H and O–H groups in total. The van der Waals surface area contributed by atoms with Gasteiger partial charge in [0.1, 0.15) is 11.6 Å². The standard InChI is InChI=1S/C18H19FO2/c1-11-5-6-12(2)16(9-11)18(20)14(4)21-17-8-7-15(19)10-13(17)3/h5-10,14H,1-4H3. The predicted octanol–water partition coefficient (Wildman–Crippen LogP) is 4.40. The van der Waals surface area contributed by atoms with Crippen molar-refractivity contribution >= 4 is 5.78 Å². The molecule has 1 atom stereocenters. The average Bonchev–Trinajstić information content (AvgIpc) is 2.43. The van der Waals surface area contributed by atoms with Gasteiger partial charge in [-0.15, -0.1) is 0 Å². The highest BCUT2D eigenvalue weighted by Crippen LogP contribution is 2.21. The fourth-order valence-electron chi connectivity index (χ4n) is 2.21. The molecule has 0 aliphatic heterocycles. The lowest BCUT2D eigenvalue weighted by molar-refractivity contribution is 0.0816. The lowest BCUT2D eigenvalue weighted by atomic mass is 9.99. The SMILES string of the molecule is Cc1ccc(C)c(C(=O)C(C)Oc2ccc(F)cc2C)c1. The summed E-state index contributed by atoms with van der Waals surface area (Å²) in [6, 6.07) is 10.1. The van der Waals surface area contributed by atoms with Gasteiger partial charge < -0.3 is 4.74 Å². The highest BCUT2D eigenvalue weighted by Gasteiger charge is 2.19. The van der Waals surface area contributed by atoms with Crippen LogP contribution in [-0.4, -0.2) is 11.9 Å². The van der Waals surface area contributed by atoms with Crippen molar-refractivity contribution < 1.29 is 13.9 Å². The zero-order chi connectivity index (χ0) is 15.6. The van der Waals surface area contributed by atoms with Gasteiger partial charge >= 0.3 is 0 Å². The Balaban J connectivity index is 2.21. The van der Waals surface area contributed by atoms with Crippen LogP contribution in [0.1, 0.15) is 34.0 Å². The summed E-state index contributed by atoms with van der Waals surface area (Å²) >= 11 is 0. The maximum absolute atomic E-state index is 13.1. The second kappa shape index (κ2) is 6.08. The van der Waals surface area contributed by atoms with Crippen molar-refractivity contribution in [3.05, 3.63) is 64.5 Å². The molecule has 0 bridgehead atoms. The number of carbonyl (C=O) groups excluding carboxylic acids is 1. The Bertz CT molecular complexity index is 677. The van der Waals surface area contributed by atoms with Gasteiger partial charge in [-0.2, -0.15) is 0 Å². The Morgan fingerprint density at radius 3 is 2.43 bits per heavy atom. The second-order valence-electron chi connectivity index (χ2n) is 5.35. The van der Waals surface area contributed by atoms with Crippen LogP contribution in [0.25, 0.3) is 0 Å². The molecule has 0 saturated carbocycles. The Kier molecular flexibility index (Phi) is 4.41. The van der Waals surface area contributed by atoms with E-state index in [0.717, 1.165) is 11.1 Å². The molecular weight excluding hydrogens is 267 g/mol. The quantitative estimate of drug-likeness (QED) is 0.779. The first-order chi connectivity index (χ1) is 9.88. The highest BCUT2D eigenvalue weighted by molar-refractivity contribution is 6.00. The molecule has 0 aliphatic rings. The molecule has 3 heteroatoms. The molecule has 0 spiro atoms. The number of benzene rings is 2. The summed E-state index contributed by atoms with van der Waals surface area (Å²) in [5, 5.41) is 0. The summed E-state index contributed by atoms with van der Waals surface area (Å²) in [6.07, 6.45) is -0.616. The van der Waals surface area contributed by atoms with E-state index in [1.165, 1.54) is 12.1 Å². The van der Waals surface area contributed by atoms with Crippen molar-refractivity contribution in [3.8, 4) is 5.75 Å². The van der Waals surface area contributed by atoms with Gasteiger partial charge in [0.15, 0.2) is 6.10 Å². The second-order valence-corrected chi connectivity index (χ2v) is 5.35. The number of ether oxygens (including phenoxy) is 1. The van der Waals surface area contributed by atoms with Crippen LogP contribution in [0.4, 0.5) is 4.39 Å². The lowest BCUT2D eigenvalue weighted by Gasteiger charge is -2.17. The largest absolute Gasteiger partial charge is 0.482 e. The van der Waals surface area contributed by atoms with E-state index in [1.807, 2.05) is 32.0 Å². The minimum Gasteiger partial charge on any atom is -0.482 e. The van der Waals surface area contributed by atoms with Crippen LogP contribution in [0.2, 0.25) is 0 Å². The van der Waals surface area contributed by atoms with Crippen molar-refractivity contribution in [1.29, 1.82) is 0 Å². The fraction of sp³-hybridized carbons (Fsp3) is 0.278. The topological polar surface area (TPSA) is 26.3 Å². The molecule has 2 aromatic rings. The molecule has 2 aromatic carbocycles. The number of carbonyl (C=O) groups is 1. The smallest absolute Gasteiger partial charge is 0.203 e. The van der Waals surface area contributed by atoms with E-state index in [4.69, 9.17) is 4.74 Å². The van der Waals surface area contributed by atoms with Crippen LogP contribution in [0.5, 0.6) is 5.75 Å². The molecule has 2 nitrogen and oxygen atoms in total. The van der Waals surface area contributed by atoms with Gasteiger partial charge in [0.25, 0.3) is 0 Å². The molecule has 21 heavy (non-hydrogen) atoms. The van der Waals surface area contributed by atoms with Crippen LogP contribution < -0.4 is 4.74 Å². The third-order valence-corrected chi connectivity index (χ3v) is 3.47. The van der Waals surface area contributed by atoms with Gasteiger partial charge in [-0.3, -0.25) is 4.79 Å². The van der Waals surface area contributed by atoms with Crippen molar-refractivity contribution in [2.75, 3.05) is 0 Å². The maximum Gasteiger partial charge on any atom is 0.203 e. The van der Waals surface area contributed by atoms with Gasteiger partial charge in [0.05, 0.1) is 0 Å². The van der Waals surface area contributed by atoms with Crippen LogP contribution in [-0.2, 0) is 0 Å². The van der Waals surface area contributed by atoms with Crippen LogP contribution in [0.3, 0.4) is 0 Å². The average molecular weight is 286 g/mol. The molecular formula is C18H19FO2. The summed E-state index contributed by atoms with van der Waals surface area (Å²) < 4.78 is 18.8. The first-order valence-electron chi connectivity index (χ1n) is 6.93. The third-order valence-electron chi connectivity index (χ3n) is 3.47. The molecule has 110 valence electrons. The van der Waals surface area contributed by atoms with Gasteiger partial charge in [0.2, 0.25) is 5.78 Å². The van der Waals surface area contributed by atoms with E-state index in [-0.39, 0.29) is 11.6 Å². The van der Waals surface area contributed by atoms with Crippen molar-refractivity contribution in [2.24, 2.45) is 0 Å². The molecule has 0 amide bonds. The van der Waals surface area contributed by atoms with E-state index in [9.17, 15) is 9.18 Å². The lowest BCUT2D eigenvalue weighted by Crippen LogP contribution is -2.25. The monoisotopic (exact) mass is 286 g/mol.